The number of sulfonamides is 1. The SMILES string of the molecule is O=C(O)[C@@H](Cc1ccccc1)NS(=O)(=O)c1ccc(-c2noc(-c3ccc(F)cc3)n2)s1. The van der Waals surface area contributed by atoms with Crippen LogP contribution in [0.4, 0.5) is 4.39 Å². The minimum atomic E-state index is -4.10. The van der Waals surface area contributed by atoms with Gasteiger partial charge < -0.3 is 9.63 Å². The molecular weight excluding hydrogens is 457 g/mol. The van der Waals surface area contributed by atoms with Crippen molar-refractivity contribution in [3.63, 3.8) is 0 Å². The van der Waals surface area contributed by atoms with Crippen molar-refractivity contribution in [2.45, 2.75) is 16.7 Å². The molecule has 11 heteroatoms. The van der Waals surface area contributed by atoms with Gasteiger partial charge in [-0.1, -0.05) is 35.5 Å². The van der Waals surface area contributed by atoms with Gasteiger partial charge in [-0.3, -0.25) is 4.79 Å². The molecule has 0 aliphatic heterocycles. The summed E-state index contributed by atoms with van der Waals surface area (Å²) in [5.41, 5.74) is 1.20. The molecule has 32 heavy (non-hydrogen) atoms. The topological polar surface area (TPSA) is 122 Å². The average Bonchev–Trinajstić information content (AvgIpc) is 3.45. The molecule has 0 saturated carbocycles. The highest BCUT2D eigenvalue weighted by Gasteiger charge is 2.27. The Morgan fingerprint density at radius 2 is 1.81 bits per heavy atom. The van der Waals surface area contributed by atoms with Crippen molar-refractivity contribution < 1.29 is 27.2 Å². The van der Waals surface area contributed by atoms with Gasteiger partial charge in [0.25, 0.3) is 15.9 Å². The first-order valence-corrected chi connectivity index (χ1v) is 11.6. The molecule has 2 aromatic heterocycles. The summed E-state index contributed by atoms with van der Waals surface area (Å²) >= 11 is 0.876. The van der Waals surface area contributed by atoms with Crippen LogP contribution in [0.1, 0.15) is 5.56 Å². The number of carboxylic acids is 1. The molecule has 164 valence electrons. The molecule has 1 atom stereocenters. The molecule has 0 spiro atoms. The van der Waals surface area contributed by atoms with E-state index in [9.17, 15) is 22.7 Å². The lowest BCUT2D eigenvalue weighted by Gasteiger charge is -2.14. The van der Waals surface area contributed by atoms with E-state index in [-0.39, 0.29) is 22.3 Å². The van der Waals surface area contributed by atoms with Crippen LogP contribution in [0.5, 0.6) is 0 Å². The summed E-state index contributed by atoms with van der Waals surface area (Å²) in [4.78, 5) is 16.3. The quantitative estimate of drug-likeness (QED) is 0.401. The molecule has 0 fully saturated rings. The van der Waals surface area contributed by atoms with Gasteiger partial charge in [0, 0.05) is 5.56 Å². The van der Waals surface area contributed by atoms with Gasteiger partial charge in [-0.15, -0.1) is 11.3 Å². The summed E-state index contributed by atoms with van der Waals surface area (Å²) < 4.78 is 46.0. The maximum atomic E-state index is 13.1. The first kappa shape index (κ1) is 21.8. The van der Waals surface area contributed by atoms with Crippen LogP contribution in [0.15, 0.2) is 75.5 Å². The fourth-order valence-electron chi connectivity index (χ4n) is 2.89. The predicted molar refractivity (Wildman–Crippen MR) is 115 cm³/mol. The number of hydrogen-bond acceptors (Lipinski definition) is 7. The van der Waals surface area contributed by atoms with Crippen molar-refractivity contribution in [3.8, 4) is 22.2 Å². The van der Waals surface area contributed by atoms with E-state index >= 15 is 0 Å². The van der Waals surface area contributed by atoms with Crippen molar-refractivity contribution in [2.75, 3.05) is 0 Å². The number of carbonyl (C=O) groups is 1. The highest BCUT2D eigenvalue weighted by molar-refractivity contribution is 7.91. The third kappa shape index (κ3) is 4.90. The largest absolute Gasteiger partial charge is 0.480 e. The number of carboxylic acid groups (broad SMARTS) is 1. The molecule has 0 aliphatic rings. The van der Waals surface area contributed by atoms with Gasteiger partial charge >= 0.3 is 5.97 Å². The van der Waals surface area contributed by atoms with Crippen LogP contribution >= 0.6 is 11.3 Å². The number of benzene rings is 2. The maximum Gasteiger partial charge on any atom is 0.322 e. The van der Waals surface area contributed by atoms with Gasteiger partial charge in [-0.25, -0.2) is 12.8 Å². The predicted octanol–water partition coefficient (Wildman–Crippen LogP) is 3.58. The second-order valence-electron chi connectivity index (χ2n) is 6.75. The number of aliphatic carboxylic acids is 1. The Bertz CT molecular complexity index is 1340. The second-order valence-corrected chi connectivity index (χ2v) is 9.78. The van der Waals surface area contributed by atoms with Gasteiger partial charge in [0.2, 0.25) is 5.82 Å². The first-order valence-electron chi connectivity index (χ1n) is 9.31. The lowest BCUT2D eigenvalue weighted by molar-refractivity contribution is -0.138. The zero-order valence-electron chi connectivity index (χ0n) is 16.3. The highest BCUT2D eigenvalue weighted by atomic mass is 32.2. The zero-order valence-corrected chi connectivity index (χ0v) is 17.9. The zero-order chi connectivity index (χ0) is 22.7. The van der Waals surface area contributed by atoms with Crippen LogP contribution < -0.4 is 4.72 Å². The summed E-state index contributed by atoms with van der Waals surface area (Å²) in [6.45, 7) is 0. The number of halogens is 1. The van der Waals surface area contributed by atoms with Crippen LogP contribution in [0.25, 0.3) is 22.2 Å². The standard InChI is InChI=1S/C21H16FN3O5S2/c22-15-8-6-14(7-9-15)20-23-19(24-30-20)17-10-11-18(31-17)32(28,29)25-16(21(26)27)12-13-4-2-1-3-5-13/h1-11,16,25H,12H2,(H,26,27)/t16-/m1/s1. The molecular formula is C21H16FN3O5S2. The third-order valence-corrected chi connectivity index (χ3v) is 7.51. The number of nitrogens with one attached hydrogen (secondary N) is 1. The number of rotatable bonds is 8. The van der Waals surface area contributed by atoms with E-state index in [0.717, 1.165) is 11.3 Å². The molecule has 2 aromatic carbocycles. The molecule has 0 saturated heterocycles. The number of thiophene rings is 1. The molecule has 8 nitrogen and oxygen atoms in total. The third-order valence-electron chi connectivity index (χ3n) is 4.46. The lowest BCUT2D eigenvalue weighted by atomic mass is 10.1. The normalized spacial score (nSPS) is 12.5. The average molecular weight is 474 g/mol. The molecule has 4 aromatic rings. The first-order chi connectivity index (χ1) is 15.3. The van der Waals surface area contributed by atoms with E-state index in [1.54, 1.807) is 30.3 Å². The Morgan fingerprint density at radius 3 is 2.50 bits per heavy atom. The highest BCUT2D eigenvalue weighted by Crippen LogP contribution is 2.30. The summed E-state index contributed by atoms with van der Waals surface area (Å²) in [5.74, 6) is -1.36. The summed E-state index contributed by atoms with van der Waals surface area (Å²) in [6.07, 6.45) is -0.000489. The lowest BCUT2D eigenvalue weighted by Crippen LogP contribution is -2.42. The molecule has 0 unspecified atom stereocenters. The minimum Gasteiger partial charge on any atom is -0.480 e. The van der Waals surface area contributed by atoms with E-state index in [0.29, 0.717) is 16.0 Å². The Hall–Kier alpha value is -3.41. The van der Waals surface area contributed by atoms with Gasteiger partial charge in [0.1, 0.15) is 16.1 Å². The van der Waals surface area contributed by atoms with E-state index < -0.39 is 27.9 Å². The smallest absolute Gasteiger partial charge is 0.322 e. The molecule has 0 bridgehead atoms. The molecule has 0 amide bonds. The van der Waals surface area contributed by atoms with Gasteiger partial charge in [-0.2, -0.15) is 9.71 Å². The fraction of sp³-hybridized carbons (Fsp3) is 0.0952. The fourth-order valence-corrected chi connectivity index (χ4v) is 5.33. The molecule has 0 aliphatic carbocycles. The summed E-state index contributed by atoms with van der Waals surface area (Å²) in [5, 5.41) is 13.3. The van der Waals surface area contributed by atoms with Crippen molar-refractivity contribution in [1.82, 2.24) is 14.9 Å². The molecule has 0 radical (unpaired) electrons. The second kappa shape index (κ2) is 8.99. The van der Waals surface area contributed by atoms with E-state index in [1.807, 2.05) is 0 Å². The summed E-state index contributed by atoms with van der Waals surface area (Å²) in [6, 6.07) is 15.7. The molecule has 4 rings (SSSR count). The van der Waals surface area contributed by atoms with Gasteiger partial charge in [0.05, 0.1) is 4.88 Å². The van der Waals surface area contributed by atoms with E-state index in [2.05, 4.69) is 14.9 Å². The van der Waals surface area contributed by atoms with Gasteiger partial charge in [-0.05, 0) is 48.4 Å². The monoisotopic (exact) mass is 473 g/mol. The Kier molecular flexibility index (Phi) is 6.12. The Balaban J connectivity index is 1.53. The van der Waals surface area contributed by atoms with Crippen molar-refractivity contribution in [1.29, 1.82) is 0 Å². The van der Waals surface area contributed by atoms with Crippen LogP contribution in [0.2, 0.25) is 0 Å². The number of aromatic nitrogens is 2. The van der Waals surface area contributed by atoms with Gasteiger partial charge in [0.15, 0.2) is 0 Å². The molecule has 2 heterocycles. The van der Waals surface area contributed by atoms with E-state index in [4.69, 9.17) is 4.52 Å². The Labute approximate surface area is 186 Å². The van der Waals surface area contributed by atoms with E-state index in [1.165, 1.54) is 36.4 Å². The maximum absolute atomic E-state index is 13.1. The van der Waals surface area contributed by atoms with Crippen LogP contribution in [0.3, 0.4) is 0 Å². The number of hydrogen-bond donors (Lipinski definition) is 2. The minimum absolute atomic E-state index is 0.000489. The van der Waals surface area contributed by atoms with Crippen LogP contribution in [-0.4, -0.2) is 35.7 Å². The summed E-state index contributed by atoms with van der Waals surface area (Å²) in [7, 11) is -4.10. The van der Waals surface area contributed by atoms with Crippen LogP contribution in [-0.2, 0) is 21.2 Å². The Morgan fingerprint density at radius 1 is 1.09 bits per heavy atom. The van der Waals surface area contributed by atoms with Crippen molar-refractivity contribution in [2.24, 2.45) is 0 Å². The van der Waals surface area contributed by atoms with Crippen molar-refractivity contribution >= 4 is 27.3 Å². The number of nitrogens with zero attached hydrogens (tertiary/aromatic N) is 2. The van der Waals surface area contributed by atoms with Crippen molar-refractivity contribution in [3.05, 3.63) is 78.1 Å². The molecule has 2 N–H and O–H groups in total. The van der Waals surface area contributed by atoms with Crippen LogP contribution in [0, 0.1) is 5.82 Å².